The topological polar surface area (TPSA) is 48.6 Å². The van der Waals surface area contributed by atoms with E-state index in [-0.39, 0.29) is 11.6 Å². The molecule has 112 valence electrons. The summed E-state index contributed by atoms with van der Waals surface area (Å²) in [5, 5.41) is 1.16. The summed E-state index contributed by atoms with van der Waals surface area (Å²) in [6.45, 7) is 1.30. The number of nitrogens with zero attached hydrogens (tertiary/aromatic N) is 2. The van der Waals surface area contributed by atoms with Crippen LogP contribution in [0.3, 0.4) is 0 Å². The van der Waals surface area contributed by atoms with E-state index in [0.29, 0.717) is 6.61 Å². The number of carbonyl (C=O) groups is 1. The van der Waals surface area contributed by atoms with Crippen molar-refractivity contribution in [3.8, 4) is 0 Å². The summed E-state index contributed by atoms with van der Waals surface area (Å²) in [7, 11) is 5.91. The van der Waals surface area contributed by atoms with Crippen molar-refractivity contribution >= 4 is 17.0 Å². The van der Waals surface area contributed by atoms with Crippen molar-refractivity contribution in [3.05, 3.63) is 36.0 Å². The Bertz CT molecular complexity index is 664. The number of fused-ring (bicyclic) bond motifs is 1. The number of aromatic amines is 1. The molecule has 2 heterocycles. The maximum atomic E-state index is 11.9. The molecule has 5 heteroatoms. The van der Waals surface area contributed by atoms with E-state index in [0.717, 1.165) is 29.4 Å². The Morgan fingerprint density at radius 2 is 2.19 bits per heavy atom. The van der Waals surface area contributed by atoms with Crippen LogP contribution in [0.5, 0.6) is 0 Å². The number of ether oxygens (including phenoxy) is 1. The maximum absolute atomic E-state index is 11.9. The van der Waals surface area contributed by atoms with Gasteiger partial charge in [-0.25, -0.2) is 4.79 Å². The van der Waals surface area contributed by atoms with Crippen LogP contribution in [0, 0.1) is 0 Å². The lowest BCUT2D eigenvalue weighted by Gasteiger charge is -2.34. The fraction of sp³-hybridized carbons (Fsp3) is 0.438. The Hall–Kier alpha value is -2.01. The Labute approximate surface area is 124 Å². The molecule has 0 saturated carbocycles. The van der Waals surface area contributed by atoms with Crippen molar-refractivity contribution in [1.29, 1.82) is 0 Å². The van der Waals surface area contributed by atoms with Crippen LogP contribution in [0.15, 0.2) is 30.5 Å². The molecule has 1 unspecified atom stereocenters. The molecule has 1 fully saturated rings. The van der Waals surface area contributed by atoms with Gasteiger partial charge in [0.05, 0.1) is 0 Å². The molecule has 5 nitrogen and oxygen atoms in total. The summed E-state index contributed by atoms with van der Waals surface area (Å²) in [5.74, 6) is 0. The van der Waals surface area contributed by atoms with Gasteiger partial charge in [-0.05, 0) is 49.7 Å². The van der Waals surface area contributed by atoms with E-state index in [9.17, 15) is 4.79 Å². The van der Waals surface area contributed by atoms with Crippen molar-refractivity contribution in [2.75, 3.05) is 34.3 Å². The summed E-state index contributed by atoms with van der Waals surface area (Å²) < 4.78 is 5.32. The molecule has 0 spiro atoms. The number of aromatic nitrogens is 1. The Morgan fingerprint density at radius 1 is 1.38 bits per heavy atom. The highest BCUT2D eigenvalue weighted by atomic mass is 16.6. The number of benzene rings is 1. The average molecular weight is 287 g/mol. The van der Waals surface area contributed by atoms with Crippen LogP contribution in [0.4, 0.5) is 4.79 Å². The van der Waals surface area contributed by atoms with E-state index < -0.39 is 0 Å². The normalized spacial score (nSPS) is 22.3. The van der Waals surface area contributed by atoms with Gasteiger partial charge in [-0.2, -0.15) is 0 Å². The maximum Gasteiger partial charge on any atom is 0.410 e. The lowest BCUT2D eigenvalue weighted by molar-refractivity contribution is 0.158. The first kappa shape index (κ1) is 13.9. The van der Waals surface area contributed by atoms with Crippen LogP contribution in [0.25, 0.3) is 10.9 Å². The van der Waals surface area contributed by atoms with Gasteiger partial charge in [-0.3, -0.25) is 4.90 Å². The zero-order valence-corrected chi connectivity index (χ0v) is 12.7. The third-order valence-corrected chi connectivity index (χ3v) is 4.41. The van der Waals surface area contributed by atoms with Crippen LogP contribution in [-0.2, 0) is 10.3 Å². The van der Waals surface area contributed by atoms with Crippen molar-refractivity contribution < 1.29 is 9.53 Å². The average Bonchev–Trinajstić information content (AvgIpc) is 3.04. The third kappa shape index (κ3) is 2.27. The van der Waals surface area contributed by atoms with Gasteiger partial charge < -0.3 is 14.6 Å². The number of cyclic esters (lactones) is 1. The second-order valence-electron chi connectivity index (χ2n) is 5.98. The van der Waals surface area contributed by atoms with Crippen LogP contribution in [-0.4, -0.2) is 55.2 Å². The molecule has 21 heavy (non-hydrogen) atoms. The molecule has 1 N–H and O–H groups in total. The smallest absolute Gasteiger partial charge is 0.410 e. The molecule has 3 rings (SSSR count). The molecule has 1 aromatic heterocycles. The molecule has 1 amide bonds. The number of hydrogen-bond acceptors (Lipinski definition) is 3. The van der Waals surface area contributed by atoms with Gasteiger partial charge in [0.25, 0.3) is 0 Å². The number of nitrogens with one attached hydrogen (secondary N) is 1. The predicted molar refractivity (Wildman–Crippen MR) is 82.3 cm³/mol. The largest absolute Gasteiger partial charge is 0.447 e. The van der Waals surface area contributed by atoms with Gasteiger partial charge in [-0.15, -0.1) is 0 Å². The van der Waals surface area contributed by atoms with E-state index in [1.807, 2.05) is 27.3 Å². The number of H-pyrrole nitrogens is 1. The lowest BCUT2D eigenvalue weighted by Crippen LogP contribution is -2.44. The van der Waals surface area contributed by atoms with Crippen molar-refractivity contribution in [1.82, 2.24) is 14.8 Å². The van der Waals surface area contributed by atoms with Gasteiger partial charge in [0.2, 0.25) is 0 Å². The molecule has 1 aromatic carbocycles. The number of likely N-dealkylation sites (N-methyl/N-ethyl adjacent to an activating group) is 1. The van der Waals surface area contributed by atoms with Crippen molar-refractivity contribution in [3.63, 3.8) is 0 Å². The van der Waals surface area contributed by atoms with E-state index in [1.54, 1.807) is 4.90 Å². The molecule has 1 aliphatic heterocycles. The van der Waals surface area contributed by atoms with Crippen molar-refractivity contribution in [2.45, 2.75) is 12.0 Å². The van der Waals surface area contributed by atoms with E-state index in [1.165, 1.54) is 0 Å². The van der Waals surface area contributed by atoms with Gasteiger partial charge in [0.1, 0.15) is 12.1 Å². The van der Waals surface area contributed by atoms with Crippen LogP contribution in [0.1, 0.15) is 12.0 Å². The van der Waals surface area contributed by atoms with Gasteiger partial charge in [0.15, 0.2) is 0 Å². The molecular weight excluding hydrogens is 266 g/mol. The Balaban J connectivity index is 2.03. The summed E-state index contributed by atoms with van der Waals surface area (Å²) in [4.78, 5) is 19.0. The SMILES string of the molecule is CN(C)CCC1(c2ccc3[nH]ccc3c2)COC(=O)N1C. The number of hydrogen-bond donors (Lipinski definition) is 1. The second-order valence-corrected chi connectivity index (χ2v) is 5.98. The van der Waals surface area contributed by atoms with Gasteiger partial charge >= 0.3 is 6.09 Å². The van der Waals surface area contributed by atoms with E-state index in [2.05, 4.69) is 34.1 Å². The molecule has 1 saturated heterocycles. The van der Waals surface area contributed by atoms with Gasteiger partial charge in [0, 0.05) is 25.3 Å². The van der Waals surface area contributed by atoms with Gasteiger partial charge in [-0.1, -0.05) is 6.07 Å². The third-order valence-electron chi connectivity index (χ3n) is 4.41. The molecule has 0 bridgehead atoms. The Morgan fingerprint density at radius 3 is 2.86 bits per heavy atom. The van der Waals surface area contributed by atoms with Crippen molar-refractivity contribution in [2.24, 2.45) is 0 Å². The Kier molecular flexibility index (Phi) is 3.37. The fourth-order valence-electron chi connectivity index (χ4n) is 2.96. The summed E-state index contributed by atoms with van der Waals surface area (Å²) in [5.41, 5.74) is 1.85. The number of carbonyl (C=O) groups excluding carboxylic acids is 1. The van der Waals surface area contributed by atoms with E-state index in [4.69, 9.17) is 4.74 Å². The molecular formula is C16H21N3O2. The molecule has 1 atom stereocenters. The van der Waals surface area contributed by atoms with Crippen LogP contribution in [0.2, 0.25) is 0 Å². The highest BCUT2D eigenvalue weighted by Crippen LogP contribution is 2.37. The lowest BCUT2D eigenvalue weighted by atomic mass is 9.86. The first-order valence-corrected chi connectivity index (χ1v) is 7.16. The highest BCUT2D eigenvalue weighted by molar-refractivity contribution is 5.81. The quantitative estimate of drug-likeness (QED) is 0.939. The molecule has 0 aliphatic carbocycles. The minimum atomic E-state index is -0.382. The monoisotopic (exact) mass is 287 g/mol. The fourth-order valence-corrected chi connectivity index (χ4v) is 2.96. The zero-order chi connectivity index (χ0) is 15.0. The summed E-state index contributed by atoms with van der Waals surface area (Å²) in [6, 6.07) is 8.36. The molecule has 0 radical (unpaired) electrons. The standard InChI is InChI=1S/C16H21N3O2/c1-18(2)9-7-16(11-21-15(20)19(16)3)13-4-5-14-12(10-13)6-8-17-14/h4-6,8,10,17H,7,9,11H2,1-3H3. The molecule has 2 aromatic rings. The summed E-state index contributed by atoms with van der Waals surface area (Å²) >= 11 is 0. The first-order chi connectivity index (χ1) is 10.0. The van der Waals surface area contributed by atoms with Crippen LogP contribution >= 0.6 is 0 Å². The number of amides is 1. The molecule has 1 aliphatic rings. The van der Waals surface area contributed by atoms with Crippen LogP contribution < -0.4 is 0 Å². The highest BCUT2D eigenvalue weighted by Gasteiger charge is 2.46. The summed E-state index contributed by atoms with van der Waals surface area (Å²) in [6.07, 6.45) is 2.53. The first-order valence-electron chi connectivity index (χ1n) is 7.16. The zero-order valence-electron chi connectivity index (χ0n) is 12.7. The predicted octanol–water partition coefficient (Wildman–Crippen LogP) is 2.40. The minimum absolute atomic E-state index is 0.247. The minimum Gasteiger partial charge on any atom is -0.447 e. The number of rotatable bonds is 4. The van der Waals surface area contributed by atoms with E-state index >= 15 is 0 Å². The second kappa shape index (κ2) is 5.07.